The third-order valence-corrected chi connectivity index (χ3v) is 4.78. The van der Waals surface area contributed by atoms with E-state index in [1.807, 2.05) is 13.0 Å². The Kier molecular flexibility index (Phi) is 8.41. The molecule has 0 unspecified atom stereocenters. The van der Waals surface area contributed by atoms with Crippen LogP contribution in [0, 0.1) is 0 Å². The van der Waals surface area contributed by atoms with E-state index in [2.05, 4.69) is 26.1 Å². The molecule has 11 heteroatoms. The van der Waals surface area contributed by atoms with Crippen molar-refractivity contribution in [3.8, 4) is 11.5 Å². The number of nitrogens with one attached hydrogen (secondary N) is 3. The van der Waals surface area contributed by atoms with Crippen LogP contribution < -0.4 is 25.5 Å². The number of esters is 1. The van der Waals surface area contributed by atoms with Crippen molar-refractivity contribution in [3.63, 3.8) is 0 Å². The summed E-state index contributed by atoms with van der Waals surface area (Å²) >= 11 is 0. The van der Waals surface area contributed by atoms with Crippen molar-refractivity contribution < 1.29 is 28.9 Å². The van der Waals surface area contributed by atoms with E-state index in [4.69, 9.17) is 14.2 Å². The number of hydrogen-bond donors (Lipinski definition) is 4. The molecule has 2 amide bonds. The number of aliphatic hydroxyl groups is 1. The summed E-state index contributed by atoms with van der Waals surface area (Å²) in [6.45, 7) is 3.68. The number of urea groups is 1. The van der Waals surface area contributed by atoms with E-state index in [9.17, 15) is 14.7 Å². The van der Waals surface area contributed by atoms with E-state index >= 15 is 0 Å². The highest BCUT2D eigenvalue weighted by atomic mass is 16.5. The molecule has 34 heavy (non-hydrogen) atoms. The second kappa shape index (κ2) is 11.7. The number of benzene rings is 1. The van der Waals surface area contributed by atoms with Crippen LogP contribution in [0.3, 0.4) is 0 Å². The van der Waals surface area contributed by atoms with Gasteiger partial charge in [0.2, 0.25) is 0 Å². The smallest absolute Gasteiger partial charge is 0.337 e. The van der Waals surface area contributed by atoms with Gasteiger partial charge in [0.05, 0.1) is 37.2 Å². The maximum atomic E-state index is 12.3. The lowest BCUT2D eigenvalue weighted by Crippen LogP contribution is -2.45. The zero-order chi connectivity index (χ0) is 24.5. The molecule has 0 fully saturated rings. The molecule has 2 aromatic rings. The van der Waals surface area contributed by atoms with Gasteiger partial charge in [0.1, 0.15) is 6.61 Å². The van der Waals surface area contributed by atoms with Crippen LogP contribution in [-0.2, 0) is 9.53 Å². The Labute approximate surface area is 196 Å². The summed E-state index contributed by atoms with van der Waals surface area (Å²) in [6, 6.07) is 9.24. The highest BCUT2D eigenvalue weighted by molar-refractivity contribution is 5.95. The van der Waals surface area contributed by atoms with Crippen LogP contribution in [0.1, 0.15) is 31.1 Å². The highest BCUT2D eigenvalue weighted by Crippen LogP contribution is 2.34. The van der Waals surface area contributed by atoms with Gasteiger partial charge in [-0.15, -0.1) is 0 Å². The van der Waals surface area contributed by atoms with Gasteiger partial charge in [-0.25, -0.2) is 9.59 Å². The second-order valence-electron chi connectivity index (χ2n) is 7.17. The minimum Gasteiger partial charge on any atom is -0.490 e. The van der Waals surface area contributed by atoms with Gasteiger partial charge < -0.3 is 30.0 Å². The molecule has 0 bridgehead atoms. The Morgan fingerprint density at radius 3 is 2.82 bits per heavy atom. The number of allylic oxidation sites excluding steroid dienone is 1. The van der Waals surface area contributed by atoms with E-state index in [1.165, 1.54) is 13.3 Å². The summed E-state index contributed by atoms with van der Waals surface area (Å²) in [6.07, 6.45) is 2.03. The molecule has 1 aromatic carbocycles. The first-order valence-electron chi connectivity index (χ1n) is 10.6. The van der Waals surface area contributed by atoms with Crippen LogP contribution >= 0.6 is 0 Å². The number of hydrogen-bond acceptors (Lipinski definition) is 9. The SMILES string of the molecule is CCOc1cc([C@H]2NC(=O)NC(C)=C2C(=O)OC)ccc1OC[C@@H](O)N/N=C\c1ccccn1. The maximum absolute atomic E-state index is 12.3. The Bertz CT molecular complexity index is 1070. The number of hydrazone groups is 1. The number of methoxy groups -OCH3 is 1. The fraction of sp³-hybridized carbons (Fsp3) is 0.304. The van der Waals surface area contributed by atoms with E-state index in [1.54, 1.807) is 43.5 Å². The summed E-state index contributed by atoms with van der Waals surface area (Å²) in [5.74, 6) is 0.202. The molecular weight excluding hydrogens is 442 g/mol. The monoisotopic (exact) mass is 469 g/mol. The zero-order valence-corrected chi connectivity index (χ0v) is 19.1. The Hall–Kier alpha value is -4.12. The largest absolute Gasteiger partial charge is 0.490 e. The van der Waals surface area contributed by atoms with E-state index < -0.39 is 24.3 Å². The van der Waals surface area contributed by atoms with Crippen molar-refractivity contribution in [1.29, 1.82) is 0 Å². The molecule has 0 saturated carbocycles. The summed E-state index contributed by atoms with van der Waals surface area (Å²) in [4.78, 5) is 28.5. The topological polar surface area (TPSA) is 143 Å². The van der Waals surface area contributed by atoms with Crippen LogP contribution in [-0.4, -0.2) is 54.9 Å². The second-order valence-corrected chi connectivity index (χ2v) is 7.17. The van der Waals surface area contributed by atoms with Gasteiger partial charge in [0.15, 0.2) is 17.7 Å². The molecule has 2 atom stereocenters. The molecule has 1 aromatic heterocycles. The number of rotatable bonds is 10. The first-order chi connectivity index (χ1) is 16.4. The molecule has 2 heterocycles. The average molecular weight is 469 g/mol. The van der Waals surface area contributed by atoms with Gasteiger partial charge in [0, 0.05) is 11.9 Å². The van der Waals surface area contributed by atoms with Crippen molar-refractivity contribution in [2.75, 3.05) is 20.3 Å². The lowest BCUT2D eigenvalue weighted by atomic mass is 9.95. The fourth-order valence-corrected chi connectivity index (χ4v) is 3.26. The average Bonchev–Trinajstić information content (AvgIpc) is 2.83. The van der Waals surface area contributed by atoms with E-state index in [0.717, 1.165) is 0 Å². The molecule has 180 valence electrons. The predicted molar refractivity (Wildman–Crippen MR) is 123 cm³/mol. The summed E-state index contributed by atoms with van der Waals surface area (Å²) < 4.78 is 16.3. The molecule has 0 radical (unpaired) electrons. The van der Waals surface area contributed by atoms with Crippen molar-refractivity contribution >= 4 is 18.2 Å². The molecule has 0 saturated heterocycles. The number of ether oxygens (including phenoxy) is 3. The fourth-order valence-electron chi connectivity index (χ4n) is 3.26. The third-order valence-electron chi connectivity index (χ3n) is 4.78. The van der Waals surface area contributed by atoms with Crippen LogP contribution in [0.15, 0.2) is 59.0 Å². The highest BCUT2D eigenvalue weighted by Gasteiger charge is 2.32. The van der Waals surface area contributed by atoms with E-state index in [0.29, 0.717) is 35.1 Å². The number of amides is 2. The minimum absolute atomic E-state index is 0.116. The lowest BCUT2D eigenvalue weighted by molar-refractivity contribution is -0.136. The zero-order valence-electron chi connectivity index (χ0n) is 19.1. The molecular formula is C23H27N5O6. The normalized spacial score (nSPS) is 16.5. The number of pyridine rings is 1. The van der Waals surface area contributed by atoms with Gasteiger partial charge in [-0.2, -0.15) is 5.10 Å². The number of aliphatic hydroxyl groups excluding tert-OH is 1. The van der Waals surface area contributed by atoms with Gasteiger partial charge in [0.25, 0.3) is 0 Å². The molecule has 4 N–H and O–H groups in total. The molecule has 0 spiro atoms. The van der Waals surface area contributed by atoms with Crippen molar-refractivity contribution in [2.24, 2.45) is 5.10 Å². The third kappa shape index (κ3) is 6.23. The molecule has 11 nitrogen and oxygen atoms in total. The van der Waals surface area contributed by atoms with E-state index in [-0.39, 0.29) is 12.2 Å². The number of carbonyl (C=O) groups is 2. The number of carbonyl (C=O) groups excluding carboxylic acids is 2. The first-order valence-corrected chi connectivity index (χ1v) is 10.6. The quantitative estimate of drug-likeness (QED) is 0.178. The van der Waals surface area contributed by atoms with Gasteiger partial charge in [-0.1, -0.05) is 12.1 Å². The number of nitrogens with zero attached hydrogens (tertiary/aromatic N) is 2. The standard InChI is InChI=1S/C23H27N5O6/c1-4-33-18-11-15(21-20(22(30)32-3)14(2)26-23(31)27-21)8-9-17(18)34-13-19(29)28-25-12-16-7-5-6-10-24-16/h5-12,19,21,28-29H,4,13H2,1-3H3,(H2,26,27,31)/b25-12-/t19-,21-/m1/s1. The first kappa shape index (κ1) is 24.5. The Morgan fingerprint density at radius 2 is 2.12 bits per heavy atom. The maximum Gasteiger partial charge on any atom is 0.337 e. The number of aromatic nitrogens is 1. The van der Waals surface area contributed by atoms with Gasteiger partial charge >= 0.3 is 12.0 Å². The summed E-state index contributed by atoms with van der Waals surface area (Å²) in [7, 11) is 1.28. The van der Waals surface area contributed by atoms with Crippen LogP contribution in [0.2, 0.25) is 0 Å². The van der Waals surface area contributed by atoms with Crippen molar-refractivity contribution in [1.82, 2.24) is 21.0 Å². The van der Waals surface area contributed by atoms with Crippen LogP contribution in [0.25, 0.3) is 0 Å². The summed E-state index contributed by atoms with van der Waals surface area (Å²) in [5, 5.41) is 19.4. The molecule has 3 rings (SSSR count). The van der Waals surface area contributed by atoms with Crippen LogP contribution in [0.5, 0.6) is 11.5 Å². The van der Waals surface area contributed by atoms with Crippen LogP contribution in [0.4, 0.5) is 4.79 Å². The van der Waals surface area contributed by atoms with Crippen molar-refractivity contribution in [3.05, 3.63) is 65.1 Å². The minimum atomic E-state index is -1.09. The van der Waals surface area contributed by atoms with Gasteiger partial charge in [-0.3, -0.25) is 10.4 Å². The molecule has 0 aliphatic carbocycles. The van der Waals surface area contributed by atoms with Gasteiger partial charge in [-0.05, 0) is 43.7 Å². The predicted octanol–water partition coefficient (Wildman–Crippen LogP) is 1.60. The van der Waals surface area contributed by atoms with Crippen molar-refractivity contribution in [2.45, 2.75) is 26.1 Å². The molecule has 1 aliphatic heterocycles. The molecule has 1 aliphatic rings. The Morgan fingerprint density at radius 1 is 1.29 bits per heavy atom. The summed E-state index contributed by atoms with van der Waals surface area (Å²) in [5.41, 5.74) is 4.48. The lowest BCUT2D eigenvalue weighted by Gasteiger charge is -2.28. The Balaban J connectivity index is 1.72.